The minimum Gasteiger partial charge on any atom is -0.354 e. The third-order valence-corrected chi connectivity index (χ3v) is 5.22. The Bertz CT molecular complexity index is 962. The largest absolute Gasteiger partial charge is 0.417 e. The monoisotopic (exact) mass is 417 g/mol. The smallest absolute Gasteiger partial charge is 0.354 e. The number of piperazine rings is 1. The number of aryl methyl sites for hydroxylation is 1. The van der Waals surface area contributed by atoms with E-state index >= 15 is 0 Å². The molecule has 0 bridgehead atoms. The Labute approximate surface area is 172 Å². The van der Waals surface area contributed by atoms with Crippen molar-refractivity contribution < 1.29 is 17.7 Å². The van der Waals surface area contributed by atoms with Gasteiger partial charge in [0.2, 0.25) is 11.7 Å². The minimum absolute atomic E-state index is 0.536. The maximum atomic E-state index is 12.7. The molecular weight excluding hydrogens is 395 g/mol. The van der Waals surface area contributed by atoms with E-state index in [1.807, 2.05) is 17.0 Å². The molecule has 1 fully saturated rings. The number of rotatable bonds is 5. The predicted octanol–water partition coefficient (Wildman–Crippen LogP) is 4.04. The highest BCUT2D eigenvalue weighted by atomic mass is 19.4. The number of nitrogens with zero attached hydrogens (tertiary/aromatic N) is 5. The molecule has 6 nitrogen and oxygen atoms in total. The summed E-state index contributed by atoms with van der Waals surface area (Å²) >= 11 is 0. The van der Waals surface area contributed by atoms with E-state index in [9.17, 15) is 13.2 Å². The van der Waals surface area contributed by atoms with Gasteiger partial charge in [0.15, 0.2) is 0 Å². The van der Waals surface area contributed by atoms with Crippen LogP contribution in [0.2, 0.25) is 0 Å². The van der Waals surface area contributed by atoms with Crippen LogP contribution < -0.4 is 4.90 Å². The summed E-state index contributed by atoms with van der Waals surface area (Å²) in [5.41, 5.74) is 1.43. The van der Waals surface area contributed by atoms with Crippen LogP contribution >= 0.6 is 0 Å². The normalized spacial score (nSPS) is 15.5. The van der Waals surface area contributed by atoms with Crippen molar-refractivity contribution in [3.63, 3.8) is 0 Å². The van der Waals surface area contributed by atoms with E-state index in [-0.39, 0.29) is 0 Å². The Balaban J connectivity index is 1.32. The second-order valence-electron chi connectivity index (χ2n) is 7.23. The van der Waals surface area contributed by atoms with Crippen molar-refractivity contribution >= 4 is 5.82 Å². The Morgan fingerprint density at radius 1 is 1.00 bits per heavy atom. The molecule has 30 heavy (non-hydrogen) atoms. The molecule has 1 aliphatic rings. The molecule has 2 aromatic heterocycles. The number of pyridine rings is 1. The Morgan fingerprint density at radius 3 is 2.33 bits per heavy atom. The van der Waals surface area contributed by atoms with Gasteiger partial charge in [0.05, 0.1) is 12.1 Å². The van der Waals surface area contributed by atoms with Crippen LogP contribution in [0.15, 0.2) is 47.1 Å². The topological polar surface area (TPSA) is 58.3 Å². The lowest BCUT2D eigenvalue weighted by Gasteiger charge is -2.34. The molecule has 0 N–H and O–H groups in total. The molecule has 0 unspecified atom stereocenters. The summed E-state index contributed by atoms with van der Waals surface area (Å²) < 4.78 is 43.5. The lowest BCUT2D eigenvalue weighted by Crippen LogP contribution is -2.46. The van der Waals surface area contributed by atoms with Crippen molar-refractivity contribution in [2.45, 2.75) is 26.1 Å². The van der Waals surface area contributed by atoms with Crippen molar-refractivity contribution in [1.82, 2.24) is 20.0 Å². The zero-order chi connectivity index (χ0) is 21.1. The second kappa shape index (κ2) is 8.43. The molecule has 0 atom stereocenters. The first-order valence-electron chi connectivity index (χ1n) is 9.85. The zero-order valence-electron chi connectivity index (χ0n) is 16.6. The molecule has 158 valence electrons. The zero-order valence-corrected chi connectivity index (χ0v) is 16.6. The molecule has 0 radical (unpaired) electrons. The standard InChI is InChI=1S/C21H22F3N5O/c1-2-15-3-5-16(6-4-15)20-26-19(30-27-20)14-28-9-11-29(12-10-28)18-8-7-17(13-25-18)21(22,23)24/h3-8,13H,2,9-12,14H2,1H3. The van der Waals surface area contributed by atoms with Crippen LogP contribution in [-0.2, 0) is 19.1 Å². The minimum atomic E-state index is -4.37. The van der Waals surface area contributed by atoms with Gasteiger partial charge in [-0.15, -0.1) is 0 Å². The van der Waals surface area contributed by atoms with E-state index in [1.54, 1.807) is 0 Å². The van der Waals surface area contributed by atoms with E-state index in [2.05, 4.69) is 39.1 Å². The first-order valence-corrected chi connectivity index (χ1v) is 9.85. The Morgan fingerprint density at radius 2 is 1.73 bits per heavy atom. The molecule has 9 heteroatoms. The first-order chi connectivity index (χ1) is 14.4. The number of aromatic nitrogens is 3. The fourth-order valence-electron chi connectivity index (χ4n) is 3.39. The van der Waals surface area contributed by atoms with Crippen LogP contribution in [0, 0.1) is 0 Å². The Kier molecular flexibility index (Phi) is 5.72. The molecule has 1 saturated heterocycles. The van der Waals surface area contributed by atoms with Gasteiger partial charge in [0.25, 0.3) is 0 Å². The number of halogens is 3. The van der Waals surface area contributed by atoms with Crippen molar-refractivity contribution in [2.24, 2.45) is 0 Å². The third kappa shape index (κ3) is 4.62. The van der Waals surface area contributed by atoms with Crippen LogP contribution in [0.4, 0.5) is 19.0 Å². The van der Waals surface area contributed by atoms with Gasteiger partial charge in [-0.05, 0) is 24.1 Å². The molecule has 1 aliphatic heterocycles. The summed E-state index contributed by atoms with van der Waals surface area (Å²) in [5, 5.41) is 4.07. The molecule has 0 saturated carbocycles. The number of hydrogen-bond acceptors (Lipinski definition) is 6. The highest BCUT2D eigenvalue weighted by molar-refractivity contribution is 5.54. The molecule has 1 aromatic carbocycles. The van der Waals surface area contributed by atoms with E-state index in [0.717, 1.165) is 37.3 Å². The van der Waals surface area contributed by atoms with Crippen LogP contribution in [0.3, 0.4) is 0 Å². The quantitative estimate of drug-likeness (QED) is 0.625. The van der Waals surface area contributed by atoms with Crippen LogP contribution in [0.1, 0.15) is 23.9 Å². The summed E-state index contributed by atoms with van der Waals surface area (Å²) in [5.74, 6) is 1.67. The second-order valence-corrected chi connectivity index (χ2v) is 7.23. The molecular formula is C21H22F3N5O. The van der Waals surface area contributed by atoms with Crippen molar-refractivity contribution in [1.29, 1.82) is 0 Å². The van der Waals surface area contributed by atoms with Crippen molar-refractivity contribution in [3.8, 4) is 11.4 Å². The third-order valence-electron chi connectivity index (χ3n) is 5.22. The molecule has 0 spiro atoms. The van der Waals surface area contributed by atoms with E-state index in [0.29, 0.717) is 37.2 Å². The van der Waals surface area contributed by atoms with Gasteiger partial charge in [-0.1, -0.05) is 36.3 Å². The summed E-state index contributed by atoms with van der Waals surface area (Å²) in [6.45, 7) is 5.43. The van der Waals surface area contributed by atoms with Crippen LogP contribution in [-0.4, -0.2) is 46.2 Å². The van der Waals surface area contributed by atoms with Crippen molar-refractivity contribution in [3.05, 3.63) is 59.6 Å². The SMILES string of the molecule is CCc1ccc(-c2noc(CN3CCN(c4ccc(C(F)(F)F)cn4)CC3)n2)cc1. The fourth-order valence-corrected chi connectivity index (χ4v) is 3.39. The summed E-state index contributed by atoms with van der Waals surface area (Å²) in [4.78, 5) is 12.6. The first kappa shape index (κ1) is 20.3. The molecule has 3 aromatic rings. The maximum absolute atomic E-state index is 12.7. The van der Waals surface area contributed by atoms with Gasteiger partial charge in [0.1, 0.15) is 5.82 Å². The lowest BCUT2D eigenvalue weighted by molar-refractivity contribution is -0.137. The Hall–Kier alpha value is -2.94. The van der Waals surface area contributed by atoms with Gasteiger partial charge >= 0.3 is 6.18 Å². The van der Waals surface area contributed by atoms with Crippen LogP contribution in [0.5, 0.6) is 0 Å². The summed E-state index contributed by atoms with van der Waals surface area (Å²) in [6.07, 6.45) is -2.51. The lowest BCUT2D eigenvalue weighted by atomic mass is 10.1. The van der Waals surface area contributed by atoms with E-state index in [4.69, 9.17) is 4.52 Å². The molecule has 0 aliphatic carbocycles. The molecule has 4 rings (SSSR count). The van der Waals surface area contributed by atoms with Gasteiger partial charge in [-0.3, -0.25) is 4.90 Å². The highest BCUT2D eigenvalue weighted by Gasteiger charge is 2.31. The number of alkyl halides is 3. The maximum Gasteiger partial charge on any atom is 0.417 e. The highest BCUT2D eigenvalue weighted by Crippen LogP contribution is 2.29. The fraction of sp³-hybridized carbons (Fsp3) is 0.381. The van der Waals surface area contributed by atoms with E-state index in [1.165, 1.54) is 11.6 Å². The van der Waals surface area contributed by atoms with Gasteiger partial charge < -0.3 is 9.42 Å². The van der Waals surface area contributed by atoms with Crippen LogP contribution in [0.25, 0.3) is 11.4 Å². The molecule has 3 heterocycles. The predicted molar refractivity (Wildman–Crippen MR) is 106 cm³/mol. The number of benzene rings is 1. The summed E-state index contributed by atoms with van der Waals surface area (Å²) in [7, 11) is 0. The summed E-state index contributed by atoms with van der Waals surface area (Å²) in [6, 6.07) is 10.6. The van der Waals surface area contributed by atoms with Crippen molar-refractivity contribution in [2.75, 3.05) is 31.1 Å². The number of anilines is 1. The number of hydrogen-bond donors (Lipinski definition) is 0. The van der Waals surface area contributed by atoms with Gasteiger partial charge in [-0.25, -0.2) is 4.98 Å². The van der Waals surface area contributed by atoms with Gasteiger partial charge in [-0.2, -0.15) is 18.2 Å². The molecule has 0 amide bonds. The average molecular weight is 417 g/mol. The van der Waals surface area contributed by atoms with E-state index < -0.39 is 11.7 Å². The van der Waals surface area contributed by atoms with Gasteiger partial charge in [0, 0.05) is 37.9 Å². The average Bonchev–Trinajstić information content (AvgIpc) is 3.22.